The molecule has 2 aromatic carbocycles. The molecule has 0 atom stereocenters. The van der Waals surface area contributed by atoms with Gasteiger partial charge in [0.05, 0.1) is 22.9 Å². The highest BCUT2D eigenvalue weighted by molar-refractivity contribution is 9.10. The molecule has 26 heavy (non-hydrogen) atoms. The number of aromatic nitrogens is 1. The summed E-state index contributed by atoms with van der Waals surface area (Å²) in [4.78, 5) is 17.1. The van der Waals surface area contributed by atoms with E-state index in [2.05, 4.69) is 37.6 Å². The first-order chi connectivity index (χ1) is 12.4. The lowest BCUT2D eigenvalue weighted by atomic mass is 10.1. The number of thiazole rings is 1. The lowest BCUT2D eigenvalue weighted by Gasteiger charge is -2.13. The summed E-state index contributed by atoms with van der Waals surface area (Å²) < 4.78 is 7.20. The number of fused-ring (bicyclic) bond motifs is 1. The number of hydrogen-bond acceptors (Lipinski definition) is 5. The van der Waals surface area contributed by atoms with Crippen molar-refractivity contribution in [1.29, 1.82) is 0 Å². The zero-order chi connectivity index (χ0) is 18.8. The number of thiocarbonyl (C=S) groups is 1. The maximum Gasteiger partial charge on any atom is 0.261 e. The van der Waals surface area contributed by atoms with Crippen molar-refractivity contribution >= 4 is 65.9 Å². The van der Waals surface area contributed by atoms with E-state index in [0.29, 0.717) is 16.4 Å². The van der Waals surface area contributed by atoms with Crippen molar-refractivity contribution < 1.29 is 9.53 Å². The summed E-state index contributed by atoms with van der Waals surface area (Å²) >= 11 is 10.1. The Kier molecular flexibility index (Phi) is 5.55. The van der Waals surface area contributed by atoms with Gasteiger partial charge in [-0.1, -0.05) is 33.3 Å². The number of benzene rings is 2. The number of rotatable bonds is 3. The van der Waals surface area contributed by atoms with Crippen LogP contribution in [0.4, 0.5) is 5.13 Å². The average molecular weight is 450 g/mol. The number of methoxy groups -OCH3 is 1. The first-order valence-electron chi connectivity index (χ1n) is 7.71. The molecule has 0 radical (unpaired) electrons. The molecule has 1 heterocycles. The molecular formula is C18H16BrN3O2S2. The molecule has 3 rings (SSSR count). The van der Waals surface area contributed by atoms with Crippen LogP contribution in [0.25, 0.3) is 10.2 Å². The Balaban J connectivity index is 1.76. The summed E-state index contributed by atoms with van der Waals surface area (Å²) in [6.45, 7) is 3.91. The third-order valence-corrected chi connectivity index (χ3v) is 5.28. The smallest absolute Gasteiger partial charge is 0.261 e. The zero-order valence-corrected chi connectivity index (χ0v) is 17.6. The number of hydrogen-bond donors (Lipinski definition) is 2. The third kappa shape index (κ3) is 4.03. The van der Waals surface area contributed by atoms with Crippen molar-refractivity contribution in [2.75, 3.05) is 12.4 Å². The van der Waals surface area contributed by atoms with Gasteiger partial charge in [-0.25, -0.2) is 4.98 Å². The predicted molar refractivity (Wildman–Crippen MR) is 113 cm³/mol. The van der Waals surface area contributed by atoms with Crippen molar-refractivity contribution in [2.24, 2.45) is 0 Å². The molecule has 0 saturated carbocycles. The molecule has 0 spiro atoms. The topological polar surface area (TPSA) is 63.2 Å². The van der Waals surface area contributed by atoms with Gasteiger partial charge < -0.3 is 10.1 Å². The van der Waals surface area contributed by atoms with Crippen LogP contribution in [0.3, 0.4) is 0 Å². The van der Waals surface area contributed by atoms with Gasteiger partial charge in [-0.2, -0.15) is 0 Å². The predicted octanol–water partition coefficient (Wildman–Crippen LogP) is 4.81. The van der Waals surface area contributed by atoms with Gasteiger partial charge in [0.15, 0.2) is 10.2 Å². The van der Waals surface area contributed by atoms with E-state index in [1.54, 1.807) is 6.07 Å². The lowest BCUT2D eigenvalue weighted by molar-refractivity contribution is 0.0974. The van der Waals surface area contributed by atoms with Crippen LogP contribution in [0.5, 0.6) is 5.75 Å². The molecule has 1 aromatic heterocycles. The van der Waals surface area contributed by atoms with Gasteiger partial charge in [-0.3, -0.25) is 10.1 Å². The van der Waals surface area contributed by atoms with E-state index in [4.69, 9.17) is 17.0 Å². The highest BCUT2D eigenvalue weighted by atomic mass is 79.9. The fourth-order valence-electron chi connectivity index (χ4n) is 2.55. The van der Waals surface area contributed by atoms with Crippen LogP contribution in [0.2, 0.25) is 0 Å². The molecule has 3 aromatic rings. The minimum absolute atomic E-state index is 0.186. The highest BCUT2D eigenvalue weighted by Crippen LogP contribution is 2.28. The number of carbonyl (C=O) groups excluding carboxylic acids is 1. The largest absolute Gasteiger partial charge is 0.496 e. The summed E-state index contributed by atoms with van der Waals surface area (Å²) in [5.74, 6) is 0.171. The standard InChI is InChI=1S/C18H16BrN3O2S2/c1-9-4-5-13-14(6-9)26-18(20-13)22-17(25)21-16(23)12-8-11(19)7-10(2)15(12)24-3/h4-8H,1-3H3,(H2,20,21,22,23,25). The van der Waals surface area contributed by atoms with E-state index in [9.17, 15) is 4.79 Å². The fraction of sp³-hybridized carbons (Fsp3) is 0.167. The Hall–Kier alpha value is -2.03. The van der Waals surface area contributed by atoms with Crippen LogP contribution in [-0.2, 0) is 0 Å². The first-order valence-corrected chi connectivity index (χ1v) is 9.73. The zero-order valence-electron chi connectivity index (χ0n) is 14.3. The van der Waals surface area contributed by atoms with Gasteiger partial charge in [-0.05, 0) is 61.5 Å². The third-order valence-electron chi connectivity index (χ3n) is 3.68. The number of halogens is 1. The number of carbonyl (C=O) groups is 1. The van der Waals surface area contributed by atoms with E-state index in [-0.39, 0.29) is 11.0 Å². The van der Waals surface area contributed by atoms with Crippen molar-refractivity contribution in [1.82, 2.24) is 10.3 Å². The Bertz CT molecular complexity index is 1020. The SMILES string of the molecule is COc1c(C)cc(Br)cc1C(=O)NC(=S)Nc1nc2ccc(C)cc2s1. The minimum atomic E-state index is -0.347. The minimum Gasteiger partial charge on any atom is -0.496 e. The van der Waals surface area contributed by atoms with Gasteiger partial charge in [-0.15, -0.1) is 0 Å². The van der Waals surface area contributed by atoms with Crippen LogP contribution < -0.4 is 15.4 Å². The number of anilines is 1. The Morgan fingerprint density at radius 1 is 1.27 bits per heavy atom. The molecule has 1 amide bonds. The molecule has 0 bridgehead atoms. The summed E-state index contributed by atoms with van der Waals surface area (Å²) in [7, 11) is 1.53. The van der Waals surface area contributed by atoms with Crippen LogP contribution in [0, 0.1) is 13.8 Å². The van der Waals surface area contributed by atoms with Gasteiger partial charge in [0.25, 0.3) is 5.91 Å². The maximum atomic E-state index is 12.6. The molecule has 0 saturated heterocycles. The Morgan fingerprint density at radius 2 is 2.04 bits per heavy atom. The Morgan fingerprint density at radius 3 is 2.77 bits per heavy atom. The molecule has 0 aliphatic carbocycles. The second-order valence-electron chi connectivity index (χ2n) is 5.70. The van der Waals surface area contributed by atoms with Crippen LogP contribution in [0.1, 0.15) is 21.5 Å². The van der Waals surface area contributed by atoms with Crippen LogP contribution >= 0.6 is 39.5 Å². The molecule has 8 heteroatoms. The second-order valence-corrected chi connectivity index (χ2v) is 8.06. The van der Waals surface area contributed by atoms with Crippen molar-refractivity contribution in [2.45, 2.75) is 13.8 Å². The number of aryl methyl sites for hydroxylation is 2. The van der Waals surface area contributed by atoms with E-state index in [1.165, 1.54) is 24.0 Å². The molecule has 0 unspecified atom stereocenters. The number of nitrogens with one attached hydrogen (secondary N) is 2. The van der Waals surface area contributed by atoms with Gasteiger partial charge in [0.2, 0.25) is 0 Å². The quantitative estimate of drug-likeness (QED) is 0.561. The lowest BCUT2D eigenvalue weighted by Crippen LogP contribution is -2.34. The van der Waals surface area contributed by atoms with Gasteiger partial charge in [0.1, 0.15) is 5.75 Å². The van der Waals surface area contributed by atoms with Crippen molar-refractivity contribution in [3.8, 4) is 5.75 Å². The molecule has 0 fully saturated rings. The second kappa shape index (κ2) is 7.69. The average Bonchev–Trinajstić information content (AvgIpc) is 2.95. The maximum absolute atomic E-state index is 12.6. The van der Waals surface area contributed by atoms with Gasteiger partial charge >= 0.3 is 0 Å². The normalized spacial score (nSPS) is 10.6. The summed E-state index contributed by atoms with van der Waals surface area (Å²) in [5.41, 5.74) is 3.32. The first kappa shape index (κ1) is 18.8. The molecular weight excluding hydrogens is 434 g/mol. The molecule has 0 aliphatic heterocycles. The molecule has 0 aliphatic rings. The molecule has 5 nitrogen and oxygen atoms in total. The number of amides is 1. The molecule has 134 valence electrons. The summed E-state index contributed by atoms with van der Waals surface area (Å²) in [6.07, 6.45) is 0. The highest BCUT2D eigenvalue weighted by Gasteiger charge is 2.17. The summed E-state index contributed by atoms with van der Waals surface area (Å²) in [5, 5.41) is 6.47. The molecule has 2 N–H and O–H groups in total. The van der Waals surface area contributed by atoms with E-state index in [1.807, 2.05) is 32.0 Å². The monoisotopic (exact) mass is 449 g/mol. The summed E-state index contributed by atoms with van der Waals surface area (Å²) in [6, 6.07) is 9.62. The van der Waals surface area contributed by atoms with E-state index < -0.39 is 0 Å². The van der Waals surface area contributed by atoms with Crippen molar-refractivity contribution in [3.63, 3.8) is 0 Å². The van der Waals surface area contributed by atoms with Crippen LogP contribution in [0.15, 0.2) is 34.8 Å². The fourth-order valence-corrected chi connectivity index (χ4v) is 4.35. The number of nitrogens with zero attached hydrogens (tertiary/aromatic N) is 1. The van der Waals surface area contributed by atoms with E-state index >= 15 is 0 Å². The van der Waals surface area contributed by atoms with Crippen molar-refractivity contribution in [3.05, 3.63) is 51.5 Å². The van der Waals surface area contributed by atoms with Crippen LogP contribution in [-0.4, -0.2) is 23.1 Å². The number of ether oxygens (including phenoxy) is 1. The van der Waals surface area contributed by atoms with Gasteiger partial charge in [0, 0.05) is 4.47 Å². The Labute approximate surface area is 168 Å². The van der Waals surface area contributed by atoms with E-state index in [0.717, 1.165) is 20.3 Å².